The summed E-state index contributed by atoms with van der Waals surface area (Å²) in [5.41, 5.74) is 2.97. The van der Waals surface area contributed by atoms with E-state index in [0.29, 0.717) is 22.9 Å². The third-order valence-electron chi connectivity index (χ3n) is 6.58. The van der Waals surface area contributed by atoms with Crippen molar-refractivity contribution in [1.82, 2.24) is 4.90 Å². The average molecular weight is 500 g/mol. The molecule has 9 nitrogen and oxygen atoms in total. The molecule has 0 fully saturated rings. The lowest BCUT2D eigenvalue weighted by Crippen LogP contribution is -2.49. The standard InChI is InChI=1S/C28H25N3O6/c1-17-7-3-4-8-19(17)14-30(18(2)27(34)29-20-11-12-23-24(13-20)37-16-36-23)25(32)15-31-22-10-6-5-9-21(22)26(33)28(31)35/h3-13,18H,14-16H2,1-2H3,(H,29,34). The highest BCUT2D eigenvalue weighted by atomic mass is 16.7. The van der Waals surface area contributed by atoms with Crippen molar-refractivity contribution in [2.75, 3.05) is 23.6 Å². The van der Waals surface area contributed by atoms with Crippen molar-refractivity contribution in [2.45, 2.75) is 26.4 Å². The average Bonchev–Trinajstić information content (AvgIpc) is 3.46. The minimum absolute atomic E-state index is 0.114. The van der Waals surface area contributed by atoms with Gasteiger partial charge < -0.3 is 19.7 Å². The SMILES string of the molecule is Cc1ccccc1CN(C(=O)CN1C(=O)C(=O)c2ccccc21)C(C)C(=O)Nc1ccc2c(c1)OCO2. The van der Waals surface area contributed by atoms with Gasteiger partial charge in [-0.2, -0.15) is 0 Å². The topological polar surface area (TPSA) is 105 Å². The maximum Gasteiger partial charge on any atom is 0.299 e. The minimum atomic E-state index is -0.888. The Kier molecular flexibility index (Phi) is 6.35. The van der Waals surface area contributed by atoms with Crippen LogP contribution in [0.3, 0.4) is 0 Å². The van der Waals surface area contributed by atoms with E-state index in [1.807, 2.05) is 31.2 Å². The van der Waals surface area contributed by atoms with Crippen LogP contribution in [0.15, 0.2) is 66.7 Å². The Hall–Kier alpha value is -4.66. The summed E-state index contributed by atoms with van der Waals surface area (Å²) in [5.74, 6) is -1.17. The van der Waals surface area contributed by atoms with Crippen molar-refractivity contribution in [3.05, 3.63) is 83.4 Å². The number of hydrogen-bond donors (Lipinski definition) is 1. The summed E-state index contributed by atoms with van der Waals surface area (Å²) < 4.78 is 10.7. The number of ketones is 1. The van der Waals surface area contributed by atoms with Crippen LogP contribution in [0.2, 0.25) is 0 Å². The molecule has 0 saturated carbocycles. The molecule has 0 bridgehead atoms. The second-order valence-electron chi connectivity index (χ2n) is 8.92. The van der Waals surface area contributed by atoms with E-state index in [4.69, 9.17) is 9.47 Å². The normalized spacial score (nSPS) is 14.4. The number of amides is 3. The molecule has 0 aromatic heterocycles. The van der Waals surface area contributed by atoms with Crippen molar-refractivity contribution in [1.29, 1.82) is 0 Å². The minimum Gasteiger partial charge on any atom is -0.454 e. The third-order valence-corrected chi connectivity index (χ3v) is 6.58. The molecule has 9 heteroatoms. The summed E-state index contributed by atoms with van der Waals surface area (Å²) in [4.78, 5) is 54.6. The van der Waals surface area contributed by atoms with Gasteiger partial charge in [-0.1, -0.05) is 36.4 Å². The predicted molar refractivity (Wildman–Crippen MR) is 136 cm³/mol. The van der Waals surface area contributed by atoms with Gasteiger partial charge in [0.25, 0.3) is 11.7 Å². The first-order valence-corrected chi connectivity index (χ1v) is 11.8. The highest BCUT2D eigenvalue weighted by Crippen LogP contribution is 2.34. The maximum atomic E-state index is 13.6. The number of carbonyl (C=O) groups excluding carboxylic acids is 4. The second-order valence-corrected chi connectivity index (χ2v) is 8.92. The number of benzene rings is 3. The van der Waals surface area contributed by atoms with Crippen molar-refractivity contribution in [2.24, 2.45) is 0 Å². The molecule has 2 aliphatic rings. The number of nitrogens with zero attached hydrogens (tertiary/aromatic N) is 2. The van der Waals surface area contributed by atoms with E-state index >= 15 is 0 Å². The first kappa shape index (κ1) is 24.1. The molecule has 37 heavy (non-hydrogen) atoms. The molecule has 0 radical (unpaired) electrons. The van der Waals surface area contributed by atoms with Crippen LogP contribution >= 0.6 is 0 Å². The molecule has 0 spiro atoms. The molecule has 0 aliphatic carbocycles. The molecular formula is C28H25N3O6. The fraction of sp³-hybridized carbons (Fsp3) is 0.214. The van der Waals surface area contributed by atoms with Crippen LogP contribution in [0.5, 0.6) is 11.5 Å². The zero-order valence-electron chi connectivity index (χ0n) is 20.4. The molecule has 1 unspecified atom stereocenters. The molecule has 0 saturated heterocycles. The lowest BCUT2D eigenvalue weighted by molar-refractivity contribution is -0.138. The monoisotopic (exact) mass is 499 g/mol. The third kappa shape index (κ3) is 4.63. The zero-order valence-corrected chi connectivity index (χ0v) is 20.4. The molecule has 5 rings (SSSR count). The summed E-state index contributed by atoms with van der Waals surface area (Å²) in [6.07, 6.45) is 0. The zero-order chi connectivity index (χ0) is 26.1. The highest BCUT2D eigenvalue weighted by molar-refractivity contribution is 6.52. The van der Waals surface area contributed by atoms with E-state index in [2.05, 4.69) is 5.32 Å². The Bertz CT molecular complexity index is 1420. The summed E-state index contributed by atoms with van der Waals surface area (Å²) in [6, 6.07) is 18.3. The van der Waals surface area contributed by atoms with Crippen LogP contribution in [0.1, 0.15) is 28.4 Å². The lowest BCUT2D eigenvalue weighted by atomic mass is 10.1. The van der Waals surface area contributed by atoms with Gasteiger partial charge in [0, 0.05) is 18.3 Å². The molecule has 3 aromatic rings. The number of carbonyl (C=O) groups is 4. The highest BCUT2D eigenvalue weighted by Gasteiger charge is 2.38. The number of anilines is 2. The number of aryl methyl sites for hydroxylation is 1. The number of rotatable bonds is 7. The largest absolute Gasteiger partial charge is 0.454 e. The van der Waals surface area contributed by atoms with Gasteiger partial charge in [0.05, 0.1) is 11.3 Å². The van der Waals surface area contributed by atoms with Crippen LogP contribution in [0.25, 0.3) is 0 Å². The Morgan fingerprint density at radius 3 is 2.54 bits per heavy atom. The van der Waals surface area contributed by atoms with E-state index in [1.165, 1.54) is 9.80 Å². The Morgan fingerprint density at radius 1 is 1.00 bits per heavy atom. The quantitative estimate of drug-likeness (QED) is 0.500. The Morgan fingerprint density at radius 2 is 1.73 bits per heavy atom. The fourth-order valence-electron chi connectivity index (χ4n) is 4.41. The van der Waals surface area contributed by atoms with Gasteiger partial charge in [-0.05, 0) is 49.2 Å². The van der Waals surface area contributed by atoms with Crippen LogP contribution in [-0.4, -0.2) is 47.8 Å². The molecule has 3 aromatic carbocycles. The van der Waals surface area contributed by atoms with Gasteiger partial charge in [0.1, 0.15) is 12.6 Å². The molecule has 1 atom stereocenters. The Balaban J connectivity index is 1.39. The van der Waals surface area contributed by atoms with Crippen LogP contribution in [0.4, 0.5) is 11.4 Å². The number of Topliss-reactive ketones (excluding diaryl/α,β-unsaturated/α-hetero) is 1. The fourth-order valence-corrected chi connectivity index (χ4v) is 4.41. The predicted octanol–water partition coefficient (Wildman–Crippen LogP) is 3.31. The van der Waals surface area contributed by atoms with Crippen molar-refractivity contribution in [3.8, 4) is 11.5 Å². The number of hydrogen-bond acceptors (Lipinski definition) is 6. The lowest BCUT2D eigenvalue weighted by Gasteiger charge is -2.31. The van der Waals surface area contributed by atoms with Crippen LogP contribution in [0, 0.1) is 6.92 Å². The van der Waals surface area contributed by atoms with Crippen molar-refractivity contribution in [3.63, 3.8) is 0 Å². The van der Waals surface area contributed by atoms with Gasteiger partial charge in [0.15, 0.2) is 11.5 Å². The number of ether oxygens (including phenoxy) is 2. The molecule has 3 amide bonds. The summed E-state index contributed by atoms with van der Waals surface area (Å²) >= 11 is 0. The van der Waals surface area contributed by atoms with Gasteiger partial charge >= 0.3 is 0 Å². The van der Waals surface area contributed by atoms with Crippen molar-refractivity contribution < 1.29 is 28.7 Å². The first-order valence-electron chi connectivity index (χ1n) is 11.8. The number of fused-ring (bicyclic) bond motifs is 2. The molecule has 1 N–H and O–H groups in total. The molecule has 188 valence electrons. The summed E-state index contributed by atoms with van der Waals surface area (Å²) in [6.45, 7) is 3.45. The van der Waals surface area contributed by atoms with Crippen molar-refractivity contribution >= 4 is 34.9 Å². The molecule has 2 aliphatic heterocycles. The van der Waals surface area contributed by atoms with E-state index in [-0.39, 0.29) is 25.4 Å². The van der Waals surface area contributed by atoms with E-state index in [1.54, 1.807) is 49.4 Å². The van der Waals surface area contributed by atoms with Gasteiger partial charge in [0.2, 0.25) is 18.6 Å². The smallest absolute Gasteiger partial charge is 0.299 e. The number of para-hydroxylation sites is 1. The molecule has 2 heterocycles. The second kappa shape index (κ2) is 9.77. The van der Waals surface area contributed by atoms with E-state index < -0.39 is 29.5 Å². The number of nitrogens with one attached hydrogen (secondary N) is 1. The van der Waals surface area contributed by atoms with E-state index in [0.717, 1.165) is 11.1 Å². The van der Waals surface area contributed by atoms with E-state index in [9.17, 15) is 19.2 Å². The Labute approximate surface area is 213 Å². The summed E-state index contributed by atoms with van der Waals surface area (Å²) in [5, 5.41) is 2.83. The van der Waals surface area contributed by atoms with Gasteiger partial charge in [-0.15, -0.1) is 0 Å². The maximum absolute atomic E-state index is 13.6. The van der Waals surface area contributed by atoms with Crippen LogP contribution < -0.4 is 19.7 Å². The first-order chi connectivity index (χ1) is 17.8. The van der Waals surface area contributed by atoms with Gasteiger partial charge in [-0.25, -0.2) is 0 Å². The molecular weight excluding hydrogens is 474 g/mol. The van der Waals surface area contributed by atoms with Gasteiger partial charge in [-0.3, -0.25) is 24.1 Å². The van der Waals surface area contributed by atoms with Crippen LogP contribution in [-0.2, 0) is 20.9 Å². The summed E-state index contributed by atoms with van der Waals surface area (Å²) in [7, 11) is 0.